The maximum absolute atomic E-state index is 9.89. The summed E-state index contributed by atoms with van der Waals surface area (Å²) in [5.41, 5.74) is 2.15. The van der Waals surface area contributed by atoms with Crippen molar-refractivity contribution in [2.75, 3.05) is 21.0 Å². The molecule has 0 aliphatic heterocycles. The lowest BCUT2D eigenvalue weighted by atomic mass is 10.1. The first-order valence-electron chi connectivity index (χ1n) is 6.78. The van der Waals surface area contributed by atoms with Gasteiger partial charge in [-0.15, -0.1) is 0 Å². The molecule has 0 unspecified atom stereocenters. The van der Waals surface area contributed by atoms with Crippen LogP contribution in [0.5, 0.6) is 17.2 Å². The summed E-state index contributed by atoms with van der Waals surface area (Å²) in [4.78, 5) is 4.37. The largest absolute Gasteiger partial charge is 0.506 e. The average Bonchev–Trinajstić information content (AvgIpc) is 2.53. The Labute approximate surface area is 129 Å². The van der Waals surface area contributed by atoms with E-state index in [9.17, 15) is 5.11 Å². The number of ether oxygens (including phenoxy) is 3. The number of hydrogen-bond donors (Lipinski definition) is 1. The number of benzene rings is 2. The van der Waals surface area contributed by atoms with Crippen molar-refractivity contribution in [2.24, 2.45) is 4.99 Å². The van der Waals surface area contributed by atoms with E-state index in [2.05, 4.69) is 4.99 Å². The first kappa shape index (κ1) is 15.9. The molecular weight excluding hydrogens is 282 g/mol. The number of hydrogen-bond acceptors (Lipinski definition) is 5. The number of aryl methyl sites for hydroxylation is 1. The van der Waals surface area contributed by atoms with E-state index in [1.54, 1.807) is 44.7 Å². The Bertz CT molecular complexity index is 647. The van der Waals surface area contributed by atoms with Crippen molar-refractivity contribution >= 4 is 11.9 Å². The minimum atomic E-state index is 0.138. The fourth-order valence-corrected chi connectivity index (χ4v) is 1.95. The molecule has 2 aromatic carbocycles. The molecule has 2 rings (SSSR count). The van der Waals surface area contributed by atoms with E-state index >= 15 is 0 Å². The molecule has 5 nitrogen and oxygen atoms in total. The van der Waals surface area contributed by atoms with Crippen LogP contribution in [0.3, 0.4) is 0 Å². The molecule has 0 fully saturated rings. The highest BCUT2D eigenvalue weighted by Crippen LogP contribution is 2.30. The molecule has 0 radical (unpaired) electrons. The SMILES string of the molecule is COCOc1ccc(OC)cc1C=Nc1c(C)cccc1O. The molecule has 0 bridgehead atoms. The molecule has 0 saturated heterocycles. The van der Waals surface area contributed by atoms with Crippen LogP contribution < -0.4 is 9.47 Å². The molecule has 116 valence electrons. The maximum Gasteiger partial charge on any atom is 0.188 e. The molecule has 22 heavy (non-hydrogen) atoms. The van der Waals surface area contributed by atoms with Gasteiger partial charge >= 0.3 is 0 Å². The first-order chi connectivity index (χ1) is 10.7. The molecule has 0 amide bonds. The summed E-state index contributed by atoms with van der Waals surface area (Å²) in [6.45, 7) is 2.03. The molecule has 0 spiro atoms. The third-order valence-corrected chi connectivity index (χ3v) is 3.10. The predicted octanol–water partition coefficient (Wildman–Crippen LogP) is 3.44. The molecule has 0 aromatic heterocycles. The lowest BCUT2D eigenvalue weighted by molar-refractivity contribution is 0.0510. The summed E-state index contributed by atoms with van der Waals surface area (Å²) in [5, 5.41) is 9.89. The number of rotatable bonds is 6. The highest BCUT2D eigenvalue weighted by atomic mass is 16.7. The zero-order valence-corrected chi connectivity index (χ0v) is 12.9. The van der Waals surface area contributed by atoms with Gasteiger partial charge in [-0.05, 0) is 36.8 Å². The molecule has 0 atom stereocenters. The summed E-state index contributed by atoms with van der Waals surface area (Å²) in [5.74, 6) is 1.46. The third kappa shape index (κ3) is 3.77. The Balaban J connectivity index is 2.35. The molecular formula is C17H19NO4. The standard InChI is InChI=1S/C17H19NO4/c1-12-5-4-6-15(19)17(12)18-10-13-9-14(21-3)7-8-16(13)22-11-20-2/h4-10,19H,11H2,1-3H3. The number of methoxy groups -OCH3 is 2. The number of aromatic hydroxyl groups is 1. The van der Waals surface area contributed by atoms with Crippen LogP contribution in [0.2, 0.25) is 0 Å². The lowest BCUT2D eigenvalue weighted by Crippen LogP contribution is -2.01. The van der Waals surface area contributed by atoms with Crippen LogP contribution in [-0.4, -0.2) is 32.3 Å². The van der Waals surface area contributed by atoms with Crippen molar-refractivity contribution in [3.05, 3.63) is 47.5 Å². The number of para-hydroxylation sites is 1. The van der Waals surface area contributed by atoms with Crippen molar-refractivity contribution in [3.63, 3.8) is 0 Å². The summed E-state index contributed by atoms with van der Waals surface area (Å²) in [7, 11) is 3.15. The van der Waals surface area contributed by atoms with Crippen molar-refractivity contribution in [2.45, 2.75) is 6.92 Å². The normalized spacial score (nSPS) is 10.9. The van der Waals surface area contributed by atoms with Gasteiger partial charge < -0.3 is 19.3 Å². The van der Waals surface area contributed by atoms with Crippen LogP contribution >= 0.6 is 0 Å². The number of nitrogens with zero attached hydrogens (tertiary/aromatic N) is 1. The van der Waals surface area contributed by atoms with Gasteiger partial charge in [0.05, 0.1) is 7.11 Å². The molecule has 0 saturated carbocycles. The molecule has 5 heteroatoms. The van der Waals surface area contributed by atoms with Gasteiger partial charge in [0.2, 0.25) is 0 Å². The summed E-state index contributed by atoms with van der Waals surface area (Å²) < 4.78 is 15.6. The molecule has 0 heterocycles. The Morgan fingerprint density at radius 1 is 1.18 bits per heavy atom. The van der Waals surface area contributed by atoms with E-state index in [0.717, 1.165) is 11.1 Å². The van der Waals surface area contributed by atoms with Gasteiger partial charge in [0, 0.05) is 18.9 Å². The van der Waals surface area contributed by atoms with Crippen molar-refractivity contribution in [1.82, 2.24) is 0 Å². The van der Waals surface area contributed by atoms with Crippen molar-refractivity contribution in [1.29, 1.82) is 0 Å². The maximum atomic E-state index is 9.89. The smallest absolute Gasteiger partial charge is 0.188 e. The highest BCUT2D eigenvalue weighted by molar-refractivity contribution is 5.87. The number of phenols is 1. The zero-order chi connectivity index (χ0) is 15.9. The van der Waals surface area contributed by atoms with Crippen LogP contribution in [0.4, 0.5) is 5.69 Å². The minimum Gasteiger partial charge on any atom is -0.506 e. The van der Waals surface area contributed by atoms with Gasteiger partial charge in [-0.3, -0.25) is 4.99 Å². The highest BCUT2D eigenvalue weighted by Gasteiger charge is 2.06. The topological polar surface area (TPSA) is 60.3 Å². The van der Waals surface area contributed by atoms with Gasteiger partial charge in [0.15, 0.2) is 6.79 Å². The van der Waals surface area contributed by atoms with E-state index in [1.165, 1.54) is 0 Å². The summed E-state index contributed by atoms with van der Waals surface area (Å²) >= 11 is 0. The Hall–Kier alpha value is -2.53. The second-order valence-electron chi connectivity index (χ2n) is 4.66. The molecule has 0 aliphatic carbocycles. The van der Waals surface area contributed by atoms with E-state index in [0.29, 0.717) is 17.2 Å². The van der Waals surface area contributed by atoms with E-state index in [4.69, 9.17) is 14.2 Å². The van der Waals surface area contributed by atoms with Crippen molar-refractivity contribution < 1.29 is 19.3 Å². The predicted molar refractivity (Wildman–Crippen MR) is 85.6 cm³/mol. The van der Waals surface area contributed by atoms with Gasteiger partial charge in [-0.1, -0.05) is 12.1 Å². The van der Waals surface area contributed by atoms with E-state index < -0.39 is 0 Å². The minimum absolute atomic E-state index is 0.138. The van der Waals surface area contributed by atoms with Crippen LogP contribution in [0, 0.1) is 6.92 Å². The zero-order valence-electron chi connectivity index (χ0n) is 12.9. The van der Waals surface area contributed by atoms with Gasteiger partial charge in [-0.25, -0.2) is 0 Å². The first-order valence-corrected chi connectivity index (χ1v) is 6.78. The summed E-state index contributed by atoms with van der Waals surface area (Å²) in [6, 6.07) is 10.7. The second-order valence-corrected chi connectivity index (χ2v) is 4.66. The van der Waals surface area contributed by atoms with E-state index in [-0.39, 0.29) is 12.5 Å². The third-order valence-electron chi connectivity index (χ3n) is 3.10. The van der Waals surface area contributed by atoms with Crippen LogP contribution in [0.25, 0.3) is 0 Å². The molecule has 1 N–H and O–H groups in total. The Kier molecular flexibility index (Phi) is 5.38. The fourth-order valence-electron chi connectivity index (χ4n) is 1.95. The average molecular weight is 301 g/mol. The van der Waals surface area contributed by atoms with Crippen molar-refractivity contribution in [3.8, 4) is 17.2 Å². The second kappa shape index (κ2) is 7.47. The van der Waals surface area contributed by atoms with Crippen LogP contribution in [0.1, 0.15) is 11.1 Å². The van der Waals surface area contributed by atoms with Crippen LogP contribution in [0.15, 0.2) is 41.4 Å². The summed E-state index contributed by atoms with van der Waals surface area (Å²) in [6.07, 6.45) is 1.63. The van der Waals surface area contributed by atoms with Gasteiger partial charge in [0.25, 0.3) is 0 Å². The Morgan fingerprint density at radius 3 is 2.68 bits per heavy atom. The fraction of sp³-hybridized carbons (Fsp3) is 0.235. The lowest BCUT2D eigenvalue weighted by Gasteiger charge is -2.10. The van der Waals surface area contributed by atoms with Gasteiger partial charge in [-0.2, -0.15) is 0 Å². The Morgan fingerprint density at radius 2 is 2.00 bits per heavy atom. The quantitative estimate of drug-likeness (QED) is 0.656. The van der Waals surface area contributed by atoms with Crippen LogP contribution in [-0.2, 0) is 4.74 Å². The number of phenolic OH excluding ortho intramolecular Hbond substituents is 1. The van der Waals surface area contributed by atoms with E-state index in [1.807, 2.05) is 19.1 Å². The number of aliphatic imine (C=N–C) groups is 1. The molecule has 0 aliphatic rings. The monoisotopic (exact) mass is 301 g/mol. The molecule has 2 aromatic rings. The van der Waals surface area contributed by atoms with Gasteiger partial charge in [0.1, 0.15) is 22.9 Å².